The van der Waals surface area contributed by atoms with Crippen molar-refractivity contribution in [1.82, 2.24) is 5.43 Å². The molecular formula is C12H11N3. The quantitative estimate of drug-likeness (QED) is 0.497. The Labute approximate surface area is 87.6 Å². The van der Waals surface area contributed by atoms with E-state index in [4.69, 9.17) is 5.84 Å². The van der Waals surface area contributed by atoms with Gasteiger partial charge in [-0.2, -0.15) is 0 Å². The molecule has 0 amide bonds. The number of nitrogens with two attached hydrogens (primary N) is 1. The Morgan fingerprint density at radius 3 is 2.87 bits per heavy atom. The molecule has 0 fully saturated rings. The highest BCUT2D eigenvalue weighted by Gasteiger charge is 2.17. The van der Waals surface area contributed by atoms with Crippen LogP contribution in [0.4, 0.5) is 0 Å². The van der Waals surface area contributed by atoms with Crippen LogP contribution in [0.3, 0.4) is 0 Å². The van der Waals surface area contributed by atoms with Crippen LogP contribution >= 0.6 is 0 Å². The van der Waals surface area contributed by atoms with Crippen LogP contribution in [0.2, 0.25) is 0 Å². The van der Waals surface area contributed by atoms with E-state index < -0.39 is 0 Å². The average molecular weight is 197 g/mol. The number of fused-ring (bicyclic) bond motifs is 3. The largest absolute Gasteiger partial charge is 0.308 e. The monoisotopic (exact) mass is 197 g/mol. The summed E-state index contributed by atoms with van der Waals surface area (Å²) in [4.78, 5) is 4.35. The molecule has 2 aromatic carbocycles. The molecule has 2 aromatic rings. The molecule has 3 nitrogen and oxygen atoms in total. The molecule has 15 heavy (non-hydrogen) atoms. The van der Waals surface area contributed by atoms with Gasteiger partial charge in [-0.15, -0.1) is 0 Å². The normalized spacial score (nSPS) is 13.8. The van der Waals surface area contributed by atoms with E-state index in [1.165, 1.54) is 16.3 Å². The van der Waals surface area contributed by atoms with Gasteiger partial charge in [-0.1, -0.05) is 36.4 Å². The fraction of sp³-hybridized carbons (Fsp3) is 0.0833. The van der Waals surface area contributed by atoms with Gasteiger partial charge in [-0.05, 0) is 16.3 Å². The number of nitrogens with zero attached hydrogens (tertiary/aromatic N) is 1. The fourth-order valence-electron chi connectivity index (χ4n) is 2.09. The zero-order valence-corrected chi connectivity index (χ0v) is 8.20. The molecule has 1 aliphatic rings. The standard InChI is InChI=1S/C12H11N3/c13-15-12-11-9(7-14-12)6-5-8-3-1-2-4-10(8)11/h1-6H,7,13H2,(H,14,15). The van der Waals surface area contributed by atoms with E-state index in [-0.39, 0.29) is 0 Å². The van der Waals surface area contributed by atoms with Crippen molar-refractivity contribution in [3.05, 3.63) is 47.5 Å². The van der Waals surface area contributed by atoms with Gasteiger partial charge in [0, 0.05) is 5.56 Å². The van der Waals surface area contributed by atoms with Crippen LogP contribution in [0.15, 0.2) is 41.4 Å². The summed E-state index contributed by atoms with van der Waals surface area (Å²) < 4.78 is 0. The zero-order chi connectivity index (χ0) is 10.3. The van der Waals surface area contributed by atoms with Gasteiger partial charge in [-0.3, -0.25) is 4.99 Å². The van der Waals surface area contributed by atoms with E-state index in [1.54, 1.807) is 0 Å². The number of hydrogen-bond donors (Lipinski definition) is 2. The molecule has 1 aliphatic heterocycles. The highest BCUT2D eigenvalue weighted by Crippen LogP contribution is 2.26. The molecule has 0 aromatic heterocycles. The Hall–Kier alpha value is -1.87. The summed E-state index contributed by atoms with van der Waals surface area (Å²) in [5, 5.41) is 2.44. The number of nitrogens with one attached hydrogen (secondary N) is 1. The summed E-state index contributed by atoms with van der Waals surface area (Å²) in [7, 11) is 0. The van der Waals surface area contributed by atoms with Gasteiger partial charge in [0.1, 0.15) is 5.84 Å². The second-order valence-electron chi connectivity index (χ2n) is 3.63. The first-order valence-electron chi connectivity index (χ1n) is 4.92. The van der Waals surface area contributed by atoms with E-state index >= 15 is 0 Å². The number of benzene rings is 2. The van der Waals surface area contributed by atoms with E-state index in [2.05, 4.69) is 34.7 Å². The first-order chi connectivity index (χ1) is 7.40. The lowest BCUT2D eigenvalue weighted by atomic mass is 10.00. The van der Waals surface area contributed by atoms with Crippen LogP contribution in [-0.2, 0) is 6.54 Å². The van der Waals surface area contributed by atoms with E-state index in [0.29, 0.717) is 0 Å². The Morgan fingerprint density at radius 1 is 1.13 bits per heavy atom. The zero-order valence-electron chi connectivity index (χ0n) is 8.20. The number of rotatable bonds is 0. The lowest BCUT2D eigenvalue weighted by Crippen LogP contribution is -2.30. The summed E-state index contributed by atoms with van der Waals surface area (Å²) in [5.74, 6) is 6.25. The topological polar surface area (TPSA) is 50.4 Å². The second kappa shape index (κ2) is 3.07. The van der Waals surface area contributed by atoms with Crippen molar-refractivity contribution in [1.29, 1.82) is 0 Å². The third kappa shape index (κ3) is 1.13. The van der Waals surface area contributed by atoms with Gasteiger partial charge in [0.2, 0.25) is 0 Å². The van der Waals surface area contributed by atoms with Crippen molar-refractivity contribution >= 4 is 16.6 Å². The molecule has 0 saturated heterocycles. The first kappa shape index (κ1) is 8.44. The summed E-state index contributed by atoms with van der Waals surface area (Å²) in [6.07, 6.45) is 0. The lowest BCUT2D eigenvalue weighted by molar-refractivity contribution is 1.01. The van der Waals surface area contributed by atoms with Crippen molar-refractivity contribution in [3.63, 3.8) is 0 Å². The van der Waals surface area contributed by atoms with Crippen molar-refractivity contribution < 1.29 is 0 Å². The van der Waals surface area contributed by atoms with Gasteiger partial charge in [0.15, 0.2) is 0 Å². The van der Waals surface area contributed by atoms with Crippen LogP contribution in [-0.4, -0.2) is 5.84 Å². The Balaban J connectivity index is 2.38. The number of hydrogen-bond acceptors (Lipinski definition) is 3. The molecule has 3 heteroatoms. The minimum atomic E-state index is 0.722. The van der Waals surface area contributed by atoms with Crippen molar-refractivity contribution in [2.75, 3.05) is 0 Å². The van der Waals surface area contributed by atoms with Gasteiger partial charge < -0.3 is 5.43 Å². The van der Waals surface area contributed by atoms with Crippen LogP contribution in [0.25, 0.3) is 10.8 Å². The summed E-state index contributed by atoms with van der Waals surface area (Å²) in [5.41, 5.74) is 5.05. The molecule has 0 spiro atoms. The summed E-state index contributed by atoms with van der Waals surface area (Å²) >= 11 is 0. The smallest absolute Gasteiger partial charge is 0.143 e. The molecule has 1 heterocycles. The highest BCUT2D eigenvalue weighted by molar-refractivity contribution is 6.12. The molecule has 3 N–H and O–H groups in total. The Morgan fingerprint density at radius 2 is 2.00 bits per heavy atom. The van der Waals surface area contributed by atoms with Crippen LogP contribution < -0.4 is 11.3 Å². The van der Waals surface area contributed by atoms with Crippen molar-refractivity contribution in [3.8, 4) is 0 Å². The predicted octanol–water partition coefficient (Wildman–Crippen LogP) is 1.56. The molecular weight excluding hydrogens is 186 g/mol. The molecule has 0 atom stereocenters. The highest BCUT2D eigenvalue weighted by atomic mass is 15.3. The molecule has 3 rings (SSSR count). The molecule has 0 radical (unpaired) electrons. The number of hydrazine groups is 1. The fourth-order valence-corrected chi connectivity index (χ4v) is 2.09. The van der Waals surface area contributed by atoms with E-state index in [9.17, 15) is 0 Å². The van der Waals surface area contributed by atoms with Crippen molar-refractivity contribution in [2.45, 2.75) is 6.54 Å². The lowest BCUT2D eigenvalue weighted by Gasteiger charge is -2.07. The minimum absolute atomic E-state index is 0.722. The predicted molar refractivity (Wildman–Crippen MR) is 61.5 cm³/mol. The van der Waals surface area contributed by atoms with Crippen LogP contribution in [0, 0.1) is 0 Å². The summed E-state index contributed by atoms with van der Waals surface area (Å²) in [6, 6.07) is 12.5. The Kier molecular flexibility index (Phi) is 1.73. The minimum Gasteiger partial charge on any atom is -0.308 e. The van der Waals surface area contributed by atoms with Crippen LogP contribution in [0.5, 0.6) is 0 Å². The average Bonchev–Trinajstić information content (AvgIpc) is 2.72. The van der Waals surface area contributed by atoms with Gasteiger partial charge in [0.05, 0.1) is 6.54 Å². The van der Waals surface area contributed by atoms with E-state index in [0.717, 1.165) is 17.9 Å². The van der Waals surface area contributed by atoms with E-state index in [1.807, 2.05) is 12.1 Å². The maximum Gasteiger partial charge on any atom is 0.143 e. The molecule has 0 saturated carbocycles. The molecule has 0 bridgehead atoms. The third-order valence-corrected chi connectivity index (χ3v) is 2.80. The maximum absolute atomic E-state index is 5.46. The molecule has 0 unspecified atom stereocenters. The third-order valence-electron chi connectivity index (χ3n) is 2.80. The van der Waals surface area contributed by atoms with Gasteiger partial charge in [0.25, 0.3) is 0 Å². The van der Waals surface area contributed by atoms with Gasteiger partial charge in [-0.25, -0.2) is 5.84 Å². The Bertz CT molecular complexity index is 558. The number of aliphatic imine (C=N–C) groups is 1. The van der Waals surface area contributed by atoms with Crippen LogP contribution in [0.1, 0.15) is 11.1 Å². The summed E-state index contributed by atoms with van der Waals surface area (Å²) in [6.45, 7) is 0.722. The van der Waals surface area contributed by atoms with Gasteiger partial charge >= 0.3 is 0 Å². The molecule has 0 aliphatic carbocycles. The second-order valence-corrected chi connectivity index (χ2v) is 3.63. The number of amidine groups is 1. The first-order valence-corrected chi connectivity index (χ1v) is 4.92. The SMILES string of the molecule is NNC1=NCc2ccc3ccccc3c21. The molecule has 74 valence electrons. The van der Waals surface area contributed by atoms with Crippen molar-refractivity contribution in [2.24, 2.45) is 10.8 Å². The maximum atomic E-state index is 5.46.